The fourth-order valence-electron chi connectivity index (χ4n) is 2.49. The number of methoxy groups -OCH3 is 1. The first-order valence-electron chi connectivity index (χ1n) is 8.34. The SMILES string of the molecule is CCc1c(C(=O)NNC(=O)c2ccc(Cl)cc2)cnn1-c1ccc(OC)nn1. The van der Waals surface area contributed by atoms with Crippen molar-refractivity contribution in [2.24, 2.45) is 0 Å². The number of halogens is 1. The van der Waals surface area contributed by atoms with Gasteiger partial charge in [-0.25, -0.2) is 4.68 Å². The zero-order valence-corrected chi connectivity index (χ0v) is 15.9. The lowest BCUT2D eigenvalue weighted by Gasteiger charge is -2.09. The van der Waals surface area contributed by atoms with Crippen molar-refractivity contribution in [3.05, 3.63) is 64.4 Å². The number of amides is 2. The molecule has 2 heterocycles. The van der Waals surface area contributed by atoms with Gasteiger partial charge in [-0.05, 0) is 36.8 Å². The topological polar surface area (TPSA) is 111 Å². The van der Waals surface area contributed by atoms with Gasteiger partial charge in [0.05, 0.1) is 24.6 Å². The summed E-state index contributed by atoms with van der Waals surface area (Å²) >= 11 is 5.80. The van der Waals surface area contributed by atoms with Gasteiger partial charge in [0, 0.05) is 16.7 Å². The molecule has 9 nitrogen and oxygen atoms in total. The van der Waals surface area contributed by atoms with Gasteiger partial charge in [-0.2, -0.15) is 5.10 Å². The fraction of sp³-hybridized carbons (Fsp3) is 0.167. The molecule has 0 fully saturated rings. The van der Waals surface area contributed by atoms with Gasteiger partial charge in [0.2, 0.25) is 5.88 Å². The van der Waals surface area contributed by atoms with E-state index in [9.17, 15) is 9.59 Å². The molecule has 0 aliphatic carbocycles. The Balaban J connectivity index is 1.73. The number of aromatic nitrogens is 4. The summed E-state index contributed by atoms with van der Waals surface area (Å²) in [5.41, 5.74) is 6.06. The Morgan fingerprint density at radius 2 is 1.79 bits per heavy atom. The van der Waals surface area contributed by atoms with Crippen molar-refractivity contribution in [2.45, 2.75) is 13.3 Å². The quantitative estimate of drug-likeness (QED) is 0.633. The van der Waals surface area contributed by atoms with Gasteiger partial charge in [-0.3, -0.25) is 20.4 Å². The Morgan fingerprint density at radius 1 is 1.07 bits per heavy atom. The standard InChI is InChI=1S/C18H17ClN6O3/c1-3-14-13(10-20-25(14)15-8-9-16(28-2)22-21-15)18(27)24-23-17(26)11-4-6-12(19)7-5-11/h4-10H,3H2,1-2H3,(H,23,26)(H,24,27). The van der Waals surface area contributed by atoms with Crippen LogP contribution in [0.2, 0.25) is 5.02 Å². The van der Waals surface area contributed by atoms with E-state index in [-0.39, 0.29) is 0 Å². The second kappa shape index (κ2) is 8.49. The van der Waals surface area contributed by atoms with Crippen molar-refractivity contribution in [1.82, 2.24) is 30.8 Å². The number of hydrazine groups is 1. The van der Waals surface area contributed by atoms with Crippen LogP contribution in [0.5, 0.6) is 5.88 Å². The summed E-state index contributed by atoms with van der Waals surface area (Å²) < 4.78 is 6.50. The third-order valence-electron chi connectivity index (χ3n) is 3.90. The smallest absolute Gasteiger partial charge is 0.273 e. The second-order valence-corrected chi connectivity index (χ2v) is 6.06. The maximum Gasteiger partial charge on any atom is 0.273 e. The lowest BCUT2D eigenvalue weighted by atomic mass is 10.2. The maximum atomic E-state index is 12.5. The maximum absolute atomic E-state index is 12.5. The Hall–Kier alpha value is -3.46. The van der Waals surface area contributed by atoms with Gasteiger partial charge in [-0.1, -0.05) is 18.5 Å². The molecule has 2 aromatic heterocycles. The third-order valence-corrected chi connectivity index (χ3v) is 4.15. The summed E-state index contributed by atoms with van der Waals surface area (Å²) in [6.07, 6.45) is 1.93. The number of hydrogen-bond acceptors (Lipinski definition) is 6. The molecule has 0 saturated heterocycles. The number of ether oxygens (including phenoxy) is 1. The highest BCUT2D eigenvalue weighted by molar-refractivity contribution is 6.30. The van der Waals surface area contributed by atoms with Crippen LogP contribution in [-0.4, -0.2) is 38.9 Å². The van der Waals surface area contributed by atoms with Gasteiger partial charge in [0.1, 0.15) is 0 Å². The summed E-state index contributed by atoms with van der Waals surface area (Å²) in [6, 6.07) is 9.63. The molecule has 3 aromatic rings. The zero-order chi connectivity index (χ0) is 20.1. The van der Waals surface area contributed by atoms with Crippen LogP contribution in [0.25, 0.3) is 5.82 Å². The van der Waals surface area contributed by atoms with Gasteiger partial charge in [0.25, 0.3) is 11.8 Å². The molecule has 0 radical (unpaired) electrons. The molecule has 2 N–H and O–H groups in total. The van der Waals surface area contributed by atoms with E-state index in [1.165, 1.54) is 18.0 Å². The first-order chi connectivity index (χ1) is 13.5. The highest BCUT2D eigenvalue weighted by Gasteiger charge is 2.19. The molecular formula is C18H17ClN6O3. The van der Waals surface area contributed by atoms with Crippen molar-refractivity contribution in [3.63, 3.8) is 0 Å². The predicted molar refractivity (Wildman–Crippen MR) is 101 cm³/mol. The minimum absolute atomic E-state index is 0.316. The molecule has 3 rings (SSSR count). The van der Waals surface area contributed by atoms with Crippen LogP contribution in [0, 0.1) is 0 Å². The molecule has 10 heteroatoms. The number of benzene rings is 1. The van der Waals surface area contributed by atoms with E-state index < -0.39 is 11.8 Å². The summed E-state index contributed by atoms with van der Waals surface area (Å²) in [4.78, 5) is 24.6. The van der Waals surface area contributed by atoms with Crippen molar-refractivity contribution < 1.29 is 14.3 Å². The van der Waals surface area contributed by atoms with Gasteiger partial charge in [-0.15, -0.1) is 10.2 Å². The molecule has 0 aliphatic rings. The molecule has 28 heavy (non-hydrogen) atoms. The lowest BCUT2D eigenvalue weighted by molar-refractivity contribution is 0.0846. The van der Waals surface area contributed by atoms with Crippen molar-refractivity contribution >= 4 is 23.4 Å². The molecule has 0 spiro atoms. The zero-order valence-electron chi connectivity index (χ0n) is 15.1. The van der Waals surface area contributed by atoms with Crippen LogP contribution in [-0.2, 0) is 6.42 Å². The minimum atomic E-state index is -0.494. The highest BCUT2D eigenvalue weighted by Crippen LogP contribution is 2.15. The Kier molecular flexibility index (Phi) is 5.85. The second-order valence-electron chi connectivity index (χ2n) is 5.62. The number of hydrogen-bond donors (Lipinski definition) is 2. The van der Waals surface area contributed by atoms with E-state index in [1.54, 1.807) is 36.4 Å². The van der Waals surface area contributed by atoms with Crippen LogP contribution in [0.15, 0.2) is 42.6 Å². The van der Waals surface area contributed by atoms with Crippen LogP contribution < -0.4 is 15.6 Å². The number of rotatable bonds is 5. The molecule has 0 bridgehead atoms. The molecule has 144 valence electrons. The predicted octanol–water partition coefficient (Wildman–Crippen LogP) is 1.96. The molecular weight excluding hydrogens is 384 g/mol. The van der Waals surface area contributed by atoms with E-state index in [2.05, 4.69) is 26.1 Å². The monoisotopic (exact) mass is 400 g/mol. The first kappa shape index (κ1) is 19.3. The van der Waals surface area contributed by atoms with Crippen LogP contribution in [0.4, 0.5) is 0 Å². The number of carbonyl (C=O) groups excluding carboxylic acids is 2. The largest absolute Gasteiger partial charge is 0.480 e. The first-order valence-corrected chi connectivity index (χ1v) is 8.72. The van der Waals surface area contributed by atoms with Crippen LogP contribution in [0.1, 0.15) is 33.3 Å². The number of carbonyl (C=O) groups is 2. The fourth-order valence-corrected chi connectivity index (χ4v) is 2.62. The van der Waals surface area contributed by atoms with E-state index in [4.69, 9.17) is 16.3 Å². The van der Waals surface area contributed by atoms with Crippen molar-refractivity contribution in [3.8, 4) is 11.7 Å². The van der Waals surface area contributed by atoms with Crippen LogP contribution >= 0.6 is 11.6 Å². The molecule has 0 saturated carbocycles. The average molecular weight is 401 g/mol. The van der Waals surface area contributed by atoms with Crippen molar-refractivity contribution in [1.29, 1.82) is 0 Å². The summed E-state index contributed by atoms with van der Waals surface area (Å²) in [7, 11) is 1.50. The van der Waals surface area contributed by atoms with Crippen LogP contribution in [0.3, 0.4) is 0 Å². The average Bonchev–Trinajstić information content (AvgIpc) is 3.16. The Bertz CT molecular complexity index is 986. The minimum Gasteiger partial charge on any atom is -0.480 e. The summed E-state index contributed by atoms with van der Waals surface area (Å²) in [6.45, 7) is 1.88. The molecule has 0 aliphatic heterocycles. The number of nitrogens with one attached hydrogen (secondary N) is 2. The van der Waals surface area contributed by atoms with E-state index in [0.29, 0.717) is 40.0 Å². The van der Waals surface area contributed by atoms with E-state index in [0.717, 1.165) is 0 Å². The van der Waals surface area contributed by atoms with Gasteiger partial charge in [0.15, 0.2) is 5.82 Å². The van der Waals surface area contributed by atoms with Crippen molar-refractivity contribution in [2.75, 3.05) is 7.11 Å². The lowest BCUT2D eigenvalue weighted by Crippen LogP contribution is -2.41. The van der Waals surface area contributed by atoms with Gasteiger partial charge < -0.3 is 4.74 Å². The Labute approximate surface area is 165 Å². The number of nitrogens with zero attached hydrogens (tertiary/aromatic N) is 4. The molecule has 1 aromatic carbocycles. The molecule has 0 unspecified atom stereocenters. The summed E-state index contributed by atoms with van der Waals surface area (Å²) in [5, 5.41) is 12.7. The van der Waals surface area contributed by atoms with Gasteiger partial charge >= 0.3 is 0 Å². The molecule has 2 amide bonds. The normalized spacial score (nSPS) is 10.4. The summed E-state index contributed by atoms with van der Waals surface area (Å²) in [5.74, 6) is -0.137. The van der Waals surface area contributed by atoms with E-state index in [1.807, 2.05) is 6.92 Å². The Morgan fingerprint density at radius 3 is 2.39 bits per heavy atom. The molecule has 0 atom stereocenters. The highest BCUT2D eigenvalue weighted by atomic mass is 35.5. The van der Waals surface area contributed by atoms with E-state index >= 15 is 0 Å². The third kappa shape index (κ3) is 4.09.